The molecular formula is C20H23ClN2O. The third-order valence-corrected chi connectivity index (χ3v) is 4.99. The van der Waals surface area contributed by atoms with Crippen LogP contribution in [0.3, 0.4) is 0 Å². The van der Waals surface area contributed by atoms with Crippen molar-refractivity contribution in [2.75, 3.05) is 13.6 Å². The standard InChI is InChI=1S/C20H23ClN2O/c1-22(15-17-10-5-6-11-18(17)21)20(24)19-12-7-13-23(19)14-16-8-3-2-4-9-16/h2-6,8-11,19H,7,12-15H2,1H3/t19-/m0/s1. The summed E-state index contributed by atoms with van der Waals surface area (Å²) in [5, 5.41) is 0.713. The first-order valence-electron chi connectivity index (χ1n) is 8.41. The van der Waals surface area contributed by atoms with Gasteiger partial charge in [0, 0.05) is 25.2 Å². The Bertz CT molecular complexity index is 689. The van der Waals surface area contributed by atoms with Crippen LogP contribution in [-0.4, -0.2) is 35.3 Å². The molecule has 0 saturated carbocycles. The molecule has 0 bridgehead atoms. The van der Waals surface area contributed by atoms with Crippen LogP contribution in [0.1, 0.15) is 24.0 Å². The first-order valence-corrected chi connectivity index (χ1v) is 8.79. The van der Waals surface area contributed by atoms with E-state index in [1.54, 1.807) is 4.90 Å². The molecule has 0 radical (unpaired) electrons. The highest BCUT2D eigenvalue weighted by molar-refractivity contribution is 6.31. The minimum absolute atomic E-state index is 0.0299. The third-order valence-electron chi connectivity index (χ3n) is 4.62. The van der Waals surface area contributed by atoms with E-state index in [4.69, 9.17) is 11.6 Å². The quantitative estimate of drug-likeness (QED) is 0.821. The van der Waals surface area contributed by atoms with Gasteiger partial charge in [-0.3, -0.25) is 9.69 Å². The van der Waals surface area contributed by atoms with Gasteiger partial charge in [-0.15, -0.1) is 0 Å². The van der Waals surface area contributed by atoms with Gasteiger partial charge in [0.1, 0.15) is 0 Å². The second-order valence-electron chi connectivity index (χ2n) is 6.40. The fourth-order valence-corrected chi connectivity index (χ4v) is 3.52. The van der Waals surface area contributed by atoms with Crippen LogP contribution in [0.4, 0.5) is 0 Å². The zero-order valence-electron chi connectivity index (χ0n) is 14.0. The van der Waals surface area contributed by atoms with Gasteiger partial charge in [0.25, 0.3) is 0 Å². The molecule has 126 valence electrons. The smallest absolute Gasteiger partial charge is 0.239 e. The van der Waals surface area contributed by atoms with Crippen molar-refractivity contribution >= 4 is 17.5 Å². The van der Waals surface area contributed by atoms with E-state index in [1.165, 1.54) is 5.56 Å². The van der Waals surface area contributed by atoms with Gasteiger partial charge in [0.05, 0.1) is 6.04 Å². The van der Waals surface area contributed by atoms with Gasteiger partial charge >= 0.3 is 0 Å². The zero-order valence-corrected chi connectivity index (χ0v) is 14.7. The summed E-state index contributed by atoms with van der Waals surface area (Å²) in [5.41, 5.74) is 2.24. The first-order chi connectivity index (χ1) is 11.6. The Labute approximate surface area is 148 Å². The maximum Gasteiger partial charge on any atom is 0.239 e. The number of amides is 1. The summed E-state index contributed by atoms with van der Waals surface area (Å²) in [7, 11) is 1.87. The number of hydrogen-bond acceptors (Lipinski definition) is 2. The Balaban J connectivity index is 1.65. The molecule has 3 rings (SSSR count). The van der Waals surface area contributed by atoms with Crippen LogP contribution in [-0.2, 0) is 17.9 Å². The van der Waals surface area contributed by atoms with Crippen LogP contribution in [0, 0.1) is 0 Å². The van der Waals surface area contributed by atoms with Crippen LogP contribution in [0.5, 0.6) is 0 Å². The van der Waals surface area contributed by atoms with E-state index >= 15 is 0 Å². The van der Waals surface area contributed by atoms with E-state index in [2.05, 4.69) is 17.0 Å². The van der Waals surface area contributed by atoms with Crippen LogP contribution in [0.25, 0.3) is 0 Å². The van der Waals surface area contributed by atoms with E-state index < -0.39 is 0 Å². The maximum absolute atomic E-state index is 12.9. The van der Waals surface area contributed by atoms with Crippen molar-refractivity contribution in [2.24, 2.45) is 0 Å². The average Bonchev–Trinajstić information content (AvgIpc) is 3.05. The Morgan fingerprint density at radius 2 is 1.88 bits per heavy atom. The van der Waals surface area contributed by atoms with Gasteiger partial charge < -0.3 is 4.90 Å². The largest absolute Gasteiger partial charge is 0.340 e. The summed E-state index contributed by atoms with van der Waals surface area (Å²) < 4.78 is 0. The van der Waals surface area contributed by atoms with Crippen LogP contribution in [0.2, 0.25) is 5.02 Å². The van der Waals surface area contributed by atoms with Crippen molar-refractivity contribution in [1.82, 2.24) is 9.80 Å². The number of likely N-dealkylation sites (N-methyl/N-ethyl adjacent to an activating group) is 1. The lowest BCUT2D eigenvalue weighted by atomic mass is 10.1. The molecule has 0 aromatic heterocycles. The normalized spacial score (nSPS) is 17.8. The van der Waals surface area contributed by atoms with Crippen molar-refractivity contribution in [3.05, 3.63) is 70.7 Å². The minimum Gasteiger partial charge on any atom is -0.340 e. The van der Waals surface area contributed by atoms with Gasteiger partial charge in [0.15, 0.2) is 0 Å². The molecule has 1 saturated heterocycles. The Kier molecular flexibility index (Phi) is 5.54. The fraction of sp³-hybridized carbons (Fsp3) is 0.350. The molecular weight excluding hydrogens is 320 g/mol. The van der Waals surface area contributed by atoms with Crippen molar-refractivity contribution in [1.29, 1.82) is 0 Å². The van der Waals surface area contributed by atoms with Crippen molar-refractivity contribution in [3.63, 3.8) is 0 Å². The highest BCUT2D eigenvalue weighted by atomic mass is 35.5. The number of rotatable bonds is 5. The lowest BCUT2D eigenvalue weighted by Crippen LogP contribution is -2.43. The highest BCUT2D eigenvalue weighted by Crippen LogP contribution is 2.23. The van der Waals surface area contributed by atoms with Crippen LogP contribution in [0.15, 0.2) is 54.6 Å². The predicted octanol–water partition coefficient (Wildman–Crippen LogP) is 3.96. The molecule has 0 N–H and O–H groups in total. The monoisotopic (exact) mass is 342 g/mol. The SMILES string of the molecule is CN(Cc1ccccc1Cl)C(=O)[C@@H]1CCCN1Cc1ccccc1. The van der Waals surface area contributed by atoms with Crippen LogP contribution < -0.4 is 0 Å². The number of carbonyl (C=O) groups excluding carboxylic acids is 1. The summed E-state index contributed by atoms with van der Waals surface area (Å²) in [4.78, 5) is 17.0. The minimum atomic E-state index is -0.0299. The molecule has 1 aliphatic heterocycles. The topological polar surface area (TPSA) is 23.6 Å². The molecule has 2 aromatic rings. The molecule has 4 heteroatoms. The first kappa shape index (κ1) is 17.0. The second-order valence-corrected chi connectivity index (χ2v) is 6.81. The van der Waals surface area contributed by atoms with Gasteiger partial charge in [0.2, 0.25) is 5.91 Å². The van der Waals surface area contributed by atoms with E-state index in [1.807, 2.05) is 49.5 Å². The Morgan fingerprint density at radius 1 is 1.17 bits per heavy atom. The molecule has 1 heterocycles. The van der Waals surface area contributed by atoms with Crippen LogP contribution >= 0.6 is 11.6 Å². The number of carbonyl (C=O) groups is 1. The van der Waals surface area contributed by atoms with E-state index in [0.717, 1.165) is 31.5 Å². The van der Waals surface area contributed by atoms with Gasteiger partial charge in [-0.25, -0.2) is 0 Å². The van der Waals surface area contributed by atoms with E-state index in [9.17, 15) is 4.79 Å². The molecule has 1 amide bonds. The third kappa shape index (κ3) is 3.97. The number of likely N-dealkylation sites (tertiary alicyclic amines) is 1. The van der Waals surface area contributed by atoms with Gasteiger partial charge in [-0.2, -0.15) is 0 Å². The lowest BCUT2D eigenvalue weighted by molar-refractivity contribution is -0.135. The Morgan fingerprint density at radius 3 is 2.62 bits per heavy atom. The molecule has 1 atom stereocenters. The molecule has 1 aliphatic rings. The summed E-state index contributed by atoms with van der Waals surface area (Å²) in [6.07, 6.45) is 2.00. The number of nitrogens with zero attached hydrogens (tertiary/aromatic N) is 2. The average molecular weight is 343 g/mol. The fourth-order valence-electron chi connectivity index (χ4n) is 3.33. The number of halogens is 1. The molecule has 0 aliphatic carbocycles. The van der Waals surface area contributed by atoms with Crippen molar-refractivity contribution in [2.45, 2.75) is 32.0 Å². The zero-order chi connectivity index (χ0) is 16.9. The lowest BCUT2D eigenvalue weighted by Gasteiger charge is -2.28. The molecule has 24 heavy (non-hydrogen) atoms. The second kappa shape index (κ2) is 7.82. The maximum atomic E-state index is 12.9. The number of benzene rings is 2. The summed E-state index contributed by atoms with van der Waals surface area (Å²) in [6, 6.07) is 18.0. The molecule has 3 nitrogen and oxygen atoms in total. The van der Waals surface area contributed by atoms with Crippen molar-refractivity contribution in [3.8, 4) is 0 Å². The highest BCUT2D eigenvalue weighted by Gasteiger charge is 2.32. The van der Waals surface area contributed by atoms with Gasteiger partial charge in [-0.1, -0.05) is 60.1 Å². The summed E-state index contributed by atoms with van der Waals surface area (Å²) in [6.45, 7) is 2.36. The van der Waals surface area contributed by atoms with Gasteiger partial charge in [-0.05, 0) is 36.6 Å². The Hall–Kier alpha value is -1.84. The molecule has 2 aromatic carbocycles. The molecule has 0 unspecified atom stereocenters. The van der Waals surface area contributed by atoms with E-state index in [0.29, 0.717) is 11.6 Å². The molecule has 1 fully saturated rings. The van der Waals surface area contributed by atoms with Crippen molar-refractivity contribution < 1.29 is 4.79 Å². The summed E-state index contributed by atoms with van der Waals surface area (Å²) in [5.74, 6) is 0.184. The van der Waals surface area contributed by atoms with E-state index in [-0.39, 0.29) is 11.9 Å². The predicted molar refractivity (Wildman–Crippen MR) is 97.8 cm³/mol. The number of hydrogen-bond donors (Lipinski definition) is 0. The summed E-state index contributed by atoms with van der Waals surface area (Å²) >= 11 is 6.22. The molecule has 0 spiro atoms.